The summed E-state index contributed by atoms with van der Waals surface area (Å²) in [6.07, 6.45) is 0. The molecule has 0 saturated carbocycles. The Bertz CT molecular complexity index is 3190. The molecule has 0 radical (unpaired) electrons. The van der Waals surface area contributed by atoms with Crippen LogP contribution < -0.4 is 21.9 Å². The van der Waals surface area contributed by atoms with Crippen molar-refractivity contribution >= 4 is 68.0 Å². The number of fused-ring (bicyclic) bond motifs is 14. The fourth-order valence-corrected chi connectivity index (χ4v) is 12.2. The van der Waals surface area contributed by atoms with Gasteiger partial charge in [0.2, 0.25) is 6.71 Å². The van der Waals surface area contributed by atoms with Gasteiger partial charge in [-0.1, -0.05) is 172 Å². The lowest BCUT2D eigenvalue weighted by molar-refractivity contribution is 1.16. The minimum absolute atomic E-state index is 0.00826. The van der Waals surface area contributed by atoms with E-state index in [4.69, 9.17) is 0 Å². The summed E-state index contributed by atoms with van der Waals surface area (Å²) in [5, 5.41) is 5.40. The Morgan fingerprint density at radius 3 is 1.68 bits per heavy atom. The van der Waals surface area contributed by atoms with Gasteiger partial charge in [-0.3, -0.25) is 0 Å². The third-order valence-corrected chi connectivity index (χ3v) is 13.8. The summed E-state index contributed by atoms with van der Waals surface area (Å²) in [7, 11) is 0. The van der Waals surface area contributed by atoms with E-state index in [0.29, 0.717) is 0 Å². The monoisotopic (exact) mass is 713 g/mol. The largest absolute Gasteiger partial charge is 0.375 e. The topological polar surface area (TPSA) is 4.93 Å². The molecule has 0 spiro atoms. The number of hydrogen-bond donors (Lipinski definition) is 0. The normalized spacial score (nSPS) is 14.7. The fourth-order valence-electron chi connectivity index (χ4n) is 12.2. The second-order valence-corrected chi connectivity index (χ2v) is 17.0. The molecule has 1 aromatic heterocycles. The predicted molar refractivity (Wildman–Crippen MR) is 242 cm³/mol. The third kappa shape index (κ3) is 3.98. The lowest BCUT2D eigenvalue weighted by Gasteiger charge is -2.39. The first-order chi connectivity index (χ1) is 27.3. The molecule has 0 fully saturated rings. The summed E-state index contributed by atoms with van der Waals surface area (Å²) in [5.74, 6) is 0.217. The van der Waals surface area contributed by atoms with Gasteiger partial charge in [-0.25, -0.2) is 0 Å². The van der Waals surface area contributed by atoms with E-state index in [2.05, 4.69) is 179 Å². The maximum absolute atomic E-state index is 2.72. The number of para-hydroxylation sites is 2. The van der Waals surface area contributed by atoms with Crippen LogP contribution in [0.15, 0.2) is 133 Å². The molecule has 9 aromatic rings. The zero-order valence-corrected chi connectivity index (χ0v) is 32.9. The van der Waals surface area contributed by atoms with Crippen LogP contribution in [0.1, 0.15) is 50.3 Å². The Hall–Kier alpha value is -6.05. The van der Waals surface area contributed by atoms with Crippen molar-refractivity contribution in [1.82, 2.24) is 4.48 Å². The number of aromatic nitrogens is 1. The summed E-state index contributed by atoms with van der Waals surface area (Å²) >= 11 is 0. The average molecular weight is 714 g/mol. The summed E-state index contributed by atoms with van der Waals surface area (Å²) in [6.45, 7) is 14.0. The molecule has 3 heterocycles. The van der Waals surface area contributed by atoms with Gasteiger partial charge >= 0.3 is 6.85 Å². The van der Waals surface area contributed by atoms with Crippen molar-refractivity contribution in [1.29, 1.82) is 0 Å². The Morgan fingerprint density at radius 2 is 0.946 bits per heavy atom. The maximum Gasteiger partial charge on any atom is 0.330 e. The van der Waals surface area contributed by atoms with E-state index in [1.807, 2.05) is 0 Å². The quantitative estimate of drug-likeness (QED) is 0.157. The molecule has 2 aliphatic heterocycles. The van der Waals surface area contributed by atoms with Crippen LogP contribution in [0, 0.1) is 41.5 Å². The van der Waals surface area contributed by atoms with Gasteiger partial charge in [0.1, 0.15) is 0 Å². The van der Waals surface area contributed by atoms with E-state index in [-0.39, 0.29) is 19.4 Å². The first-order valence-electron chi connectivity index (χ1n) is 20.3. The van der Waals surface area contributed by atoms with Crippen molar-refractivity contribution < 1.29 is 0 Å². The molecular formula is C53H41B2N. The van der Waals surface area contributed by atoms with Gasteiger partial charge in [-0.2, -0.15) is 0 Å². The SMILES string of the molecule is Cc1cc(C)c(B2c3c(c4c(c5ccccc35)B(c3c(C)cc(C)cc3C)n3c5ccccc5c5cccc-4c53)-c3cccc4c3C2c2ccccc2-4)c(C)c1. The predicted octanol–water partition coefficient (Wildman–Crippen LogP) is 10.4. The Balaban J connectivity index is 1.35. The zero-order chi connectivity index (χ0) is 37.7. The smallest absolute Gasteiger partial charge is 0.330 e. The van der Waals surface area contributed by atoms with Gasteiger partial charge in [-0.05, 0) is 114 Å². The molecule has 1 atom stereocenters. The number of benzene rings is 8. The average Bonchev–Trinajstić information content (AvgIpc) is 3.71. The number of aryl methyl sites for hydroxylation is 6. The minimum atomic E-state index is -0.00826. The van der Waals surface area contributed by atoms with E-state index in [9.17, 15) is 0 Å². The molecule has 0 N–H and O–H groups in total. The standard InChI is InChI=1S/C53H41B2N/c1-29-25-31(3)48(32(4)26-29)54-50-38-17-8-7-15-35(38)37-20-13-22-42(45(37)50)46-47-43-23-14-21-41-36-16-11-12-24-44(36)56(53(41)43)55(49-33(5)27-30(2)28-34(49)6)52(47)40-19-10-9-18-39(40)51(46)54/h7-28,50H,1-6H3. The van der Waals surface area contributed by atoms with Crippen molar-refractivity contribution in [2.75, 3.05) is 0 Å². The summed E-state index contributed by atoms with van der Waals surface area (Å²) in [4.78, 5) is 0. The Labute approximate surface area is 329 Å². The highest BCUT2D eigenvalue weighted by Gasteiger charge is 2.49. The molecule has 0 amide bonds. The van der Waals surface area contributed by atoms with Gasteiger partial charge in [-0.15, -0.1) is 0 Å². The second kappa shape index (κ2) is 11.3. The molecule has 3 heteroatoms. The van der Waals surface area contributed by atoms with Crippen molar-refractivity contribution in [3.05, 3.63) is 178 Å². The van der Waals surface area contributed by atoms with Crippen molar-refractivity contribution in [2.24, 2.45) is 0 Å². The number of hydrogen-bond acceptors (Lipinski definition) is 0. The van der Waals surface area contributed by atoms with Crippen LogP contribution >= 0.6 is 0 Å². The maximum atomic E-state index is 2.72. The van der Waals surface area contributed by atoms with Crippen LogP contribution in [-0.4, -0.2) is 18.0 Å². The Kier molecular flexibility index (Phi) is 6.48. The summed E-state index contributed by atoms with van der Waals surface area (Å²) in [5.41, 5.74) is 27.9. The molecule has 56 heavy (non-hydrogen) atoms. The minimum Gasteiger partial charge on any atom is -0.375 e. The van der Waals surface area contributed by atoms with E-state index in [1.54, 1.807) is 0 Å². The van der Waals surface area contributed by atoms with E-state index in [0.717, 1.165) is 0 Å². The molecular weight excluding hydrogens is 672 g/mol. The van der Waals surface area contributed by atoms with E-state index in [1.165, 1.54) is 132 Å². The summed E-state index contributed by atoms with van der Waals surface area (Å²) in [6, 6.07) is 51.7. The first kappa shape index (κ1) is 32.2. The van der Waals surface area contributed by atoms with E-state index < -0.39 is 0 Å². The van der Waals surface area contributed by atoms with Gasteiger partial charge in [0.25, 0.3) is 0 Å². The highest BCUT2D eigenvalue weighted by molar-refractivity contribution is 6.94. The lowest BCUT2D eigenvalue weighted by Crippen LogP contribution is -2.57. The van der Waals surface area contributed by atoms with Gasteiger partial charge in [0.05, 0.1) is 0 Å². The molecule has 3 aliphatic rings. The van der Waals surface area contributed by atoms with Crippen molar-refractivity contribution in [3.63, 3.8) is 0 Å². The molecule has 0 bridgehead atoms. The number of rotatable bonds is 2. The highest BCUT2D eigenvalue weighted by atomic mass is 14.9. The highest BCUT2D eigenvalue weighted by Crippen LogP contribution is 2.55. The molecule has 1 aliphatic carbocycles. The first-order valence-corrected chi connectivity index (χ1v) is 20.3. The van der Waals surface area contributed by atoms with Crippen LogP contribution in [0.2, 0.25) is 0 Å². The zero-order valence-electron chi connectivity index (χ0n) is 32.9. The fraction of sp³-hybridized carbons (Fsp3) is 0.132. The molecule has 8 aromatic carbocycles. The van der Waals surface area contributed by atoms with Crippen LogP contribution in [-0.2, 0) is 0 Å². The molecule has 1 nitrogen and oxygen atoms in total. The summed E-state index contributed by atoms with van der Waals surface area (Å²) < 4.78 is 2.72. The van der Waals surface area contributed by atoms with Gasteiger partial charge in [0, 0.05) is 27.4 Å². The number of nitrogens with zero attached hydrogens (tertiary/aromatic N) is 1. The Morgan fingerprint density at radius 1 is 0.429 bits per heavy atom. The van der Waals surface area contributed by atoms with Crippen LogP contribution in [0.25, 0.3) is 66.0 Å². The third-order valence-electron chi connectivity index (χ3n) is 13.8. The van der Waals surface area contributed by atoms with Crippen LogP contribution in [0.4, 0.5) is 0 Å². The molecule has 264 valence electrons. The van der Waals surface area contributed by atoms with Crippen LogP contribution in [0.5, 0.6) is 0 Å². The van der Waals surface area contributed by atoms with Gasteiger partial charge < -0.3 is 4.48 Å². The van der Waals surface area contributed by atoms with Crippen LogP contribution in [0.3, 0.4) is 0 Å². The van der Waals surface area contributed by atoms with E-state index >= 15 is 0 Å². The molecule has 0 saturated heterocycles. The van der Waals surface area contributed by atoms with Crippen molar-refractivity contribution in [2.45, 2.75) is 47.4 Å². The van der Waals surface area contributed by atoms with Gasteiger partial charge in [0.15, 0.2) is 0 Å². The lowest BCUT2D eigenvalue weighted by atomic mass is 9.27. The van der Waals surface area contributed by atoms with Crippen molar-refractivity contribution in [3.8, 4) is 33.4 Å². The molecule has 12 rings (SSSR count). The second-order valence-electron chi connectivity index (χ2n) is 17.0. The molecule has 1 unspecified atom stereocenters.